The van der Waals surface area contributed by atoms with Crippen LogP contribution in [0.2, 0.25) is 0 Å². The Morgan fingerprint density at radius 3 is 3.15 bits per heavy atom. The molecule has 1 aromatic heterocycles. The minimum atomic E-state index is 0.176. The third kappa shape index (κ3) is 1.92. The molecule has 1 saturated heterocycles. The highest BCUT2D eigenvalue weighted by Crippen LogP contribution is 2.19. The molecule has 1 fully saturated rings. The van der Waals surface area contributed by atoms with E-state index in [1.807, 2.05) is 18.3 Å². The van der Waals surface area contributed by atoms with Gasteiger partial charge in [-0.25, -0.2) is 0 Å². The highest BCUT2D eigenvalue weighted by Gasteiger charge is 2.19. The normalized spacial score (nSPS) is 23.1. The molecule has 0 bridgehead atoms. The van der Waals surface area contributed by atoms with Crippen LogP contribution in [-0.4, -0.2) is 17.3 Å². The van der Waals surface area contributed by atoms with Gasteiger partial charge in [-0.2, -0.15) is 0 Å². The van der Waals surface area contributed by atoms with Crippen LogP contribution in [0.1, 0.15) is 24.4 Å². The van der Waals surface area contributed by atoms with Crippen LogP contribution in [0.3, 0.4) is 0 Å². The number of piperidine rings is 1. The van der Waals surface area contributed by atoms with Gasteiger partial charge in [0.1, 0.15) is 5.78 Å². The second kappa shape index (κ2) is 3.66. The summed E-state index contributed by atoms with van der Waals surface area (Å²) in [6, 6.07) is 4.08. The summed E-state index contributed by atoms with van der Waals surface area (Å²) < 4.78 is 0. The largest absolute Gasteiger partial charge is 0.309 e. The number of hydrogen-bond donors (Lipinski definition) is 1. The van der Waals surface area contributed by atoms with Crippen LogP contribution in [-0.2, 0) is 4.79 Å². The van der Waals surface area contributed by atoms with E-state index in [-0.39, 0.29) is 6.04 Å². The van der Waals surface area contributed by atoms with E-state index in [1.54, 1.807) is 6.20 Å². The molecule has 68 valence electrons. The summed E-state index contributed by atoms with van der Waals surface area (Å²) in [7, 11) is 0. The van der Waals surface area contributed by atoms with Gasteiger partial charge in [0.2, 0.25) is 0 Å². The SMILES string of the molecule is O=C1CCN[C@H](c2cccnc2)C1. The average molecular weight is 176 g/mol. The number of rotatable bonds is 1. The van der Waals surface area contributed by atoms with E-state index in [4.69, 9.17) is 0 Å². The van der Waals surface area contributed by atoms with Crippen LogP contribution in [0.25, 0.3) is 0 Å². The predicted octanol–water partition coefficient (Wildman–Crippen LogP) is 1.08. The maximum atomic E-state index is 11.2. The highest BCUT2D eigenvalue weighted by molar-refractivity contribution is 5.80. The van der Waals surface area contributed by atoms with Crippen molar-refractivity contribution in [2.75, 3.05) is 6.54 Å². The number of aromatic nitrogens is 1. The summed E-state index contributed by atoms with van der Waals surface area (Å²) in [6.07, 6.45) is 4.83. The van der Waals surface area contributed by atoms with E-state index in [9.17, 15) is 4.79 Å². The quantitative estimate of drug-likeness (QED) is 0.696. The molecule has 2 heterocycles. The summed E-state index contributed by atoms with van der Waals surface area (Å²) in [5.41, 5.74) is 1.11. The zero-order valence-corrected chi connectivity index (χ0v) is 7.36. The molecule has 3 nitrogen and oxygen atoms in total. The van der Waals surface area contributed by atoms with Gasteiger partial charge in [-0.15, -0.1) is 0 Å². The maximum absolute atomic E-state index is 11.2. The molecular formula is C10H12N2O. The van der Waals surface area contributed by atoms with Gasteiger partial charge >= 0.3 is 0 Å². The number of carbonyl (C=O) groups is 1. The molecule has 1 aliphatic rings. The molecule has 1 atom stereocenters. The molecule has 0 radical (unpaired) electrons. The lowest BCUT2D eigenvalue weighted by molar-refractivity contribution is -0.120. The molecule has 13 heavy (non-hydrogen) atoms. The van der Waals surface area contributed by atoms with Crippen molar-refractivity contribution < 1.29 is 4.79 Å². The second-order valence-corrected chi connectivity index (χ2v) is 3.29. The van der Waals surface area contributed by atoms with Crippen molar-refractivity contribution in [3.05, 3.63) is 30.1 Å². The zero-order valence-electron chi connectivity index (χ0n) is 7.36. The Balaban J connectivity index is 2.13. The zero-order chi connectivity index (χ0) is 9.10. The molecule has 1 aliphatic heterocycles. The summed E-state index contributed by atoms with van der Waals surface area (Å²) in [5, 5.41) is 3.30. The number of Topliss-reactive ketones (excluding diaryl/α,β-unsaturated/α-hetero) is 1. The predicted molar refractivity (Wildman–Crippen MR) is 49.2 cm³/mol. The fourth-order valence-corrected chi connectivity index (χ4v) is 1.61. The van der Waals surface area contributed by atoms with Gasteiger partial charge in [-0.05, 0) is 11.6 Å². The minimum absolute atomic E-state index is 0.176. The lowest BCUT2D eigenvalue weighted by atomic mass is 9.98. The molecular weight excluding hydrogens is 164 g/mol. The second-order valence-electron chi connectivity index (χ2n) is 3.29. The van der Waals surface area contributed by atoms with Crippen LogP contribution < -0.4 is 5.32 Å². The first-order chi connectivity index (χ1) is 6.36. The first-order valence-electron chi connectivity index (χ1n) is 4.51. The summed E-state index contributed by atoms with van der Waals surface area (Å²) in [6.45, 7) is 0.790. The number of nitrogens with zero attached hydrogens (tertiary/aromatic N) is 1. The van der Waals surface area contributed by atoms with Gasteiger partial charge in [-0.3, -0.25) is 9.78 Å². The summed E-state index contributed by atoms with van der Waals surface area (Å²) in [4.78, 5) is 15.2. The molecule has 3 heteroatoms. The van der Waals surface area contributed by atoms with Crippen LogP contribution in [0.5, 0.6) is 0 Å². The fourth-order valence-electron chi connectivity index (χ4n) is 1.61. The van der Waals surface area contributed by atoms with Gasteiger partial charge in [0.25, 0.3) is 0 Å². The van der Waals surface area contributed by atoms with Gasteiger partial charge in [0.15, 0.2) is 0 Å². The molecule has 0 saturated carbocycles. The van der Waals surface area contributed by atoms with Gasteiger partial charge in [0.05, 0.1) is 0 Å². The van der Waals surface area contributed by atoms with E-state index in [1.165, 1.54) is 0 Å². The highest BCUT2D eigenvalue weighted by atomic mass is 16.1. The van der Waals surface area contributed by atoms with Crippen molar-refractivity contribution in [3.8, 4) is 0 Å². The van der Waals surface area contributed by atoms with Gasteiger partial charge in [0, 0.05) is 37.8 Å². The van der Waals surface area contributed by atoms with Crippen LogP contribution in [0, 0.1) is 0 Å². The van der Waals surface area contributed by atoms with Crippen molar-refractivity contribution in [2.45, 2.75) is 18.9 Å². The number of nitrogens with one attached hydrogen (secondary N) is 1. The Kier molecular flexibility index (Phi) is 2.36. The van der Waals surface area contributed by atoms with Crippen molar-refractivity contribution in [1.29, 1.82) is 0 Å². The Morgan fingerprint density at radius 2 is 2.46 bits per heavy atom. The molecule has 0 amide bonds. The first kappa shape index (κ1) is 8.38. The standard InChI is InChI=1S/C10H12N2O/c13-9-3-5-12-10(6-9)8-2-1-4-11-7-8/h1-2,4,7,10,12H,3,5-6H2/t10-/m0/s1. The maximum Gasteiger partial charge on any atom is 0.136 e. The van der Waals surface area contributed by atoms with Crippen LogP contribution in [0.15, 0.2) is 24.5 Å². The first-order valence-corrected chi connectivity index (χ1v) is 4.51. The molecule has 0 spiro atoms. The fraction of sp³-hybridized carbons (Fsp3) is 0.400. The van der Waals surface area contributed by atoms with E-state index in [0.717, 1.165) is 12.1 Å². The van der Waals surface area contributed by atoms with Gasteiger partial charge < -0.3 is 5.32 Å². The lowest BCUT2D eigenvalue weighted by Crippen LogP contribution is -2.31. The van der Waals surface area contributed by atoms with E-state index >= 15 is 0 Å². The molecule has 0 aromatic carbocycles. The molecule has 0 aliphatic carbocycles. The smallest absolute Gasteiger partial charge is 0.136 e. The molecule has 0 unspecified atom stereocenters. The Bertz CT molecular complexity index is 297. The van der Waals surface area contributed by atoms with Crippen LogP contribution in [0.4, 0.5) is 0 Å². The third-order valence-corrected chi connectivity index (χ3v) is 2.31. The number of pyridine rings is 1. The van der Waals surface area contributed by atoms with Crippen molar-refractivity contribution >= 4 is 5.78 Å². The minimum Gasteiger partial charge on any atom is -0.309 e. The third-order valence-electron chi connectivity index (χ3n) is 2.31. The Labute approximate surface area is 77.2 Å². The number of ketones is 1. The molecule has 2 rings (SSSR count). The monoisotopic (exact) mass is 176 g/mol. The number of hydrogen-bond acceptors (Lipinski definition) is 3. The van der Waals surface area contributed by atoms with E-state index < -0.39 is 0 Å². The number of carbonyl (C=O) groups excluding carboxylic acids is 1. The average Bonchev–Trinajstić information content (AvgIpc) is 2.19. The summed E-state index contributed by atoms with van der Waals surface area (Å²) in [5.74, 6) is 0.340. The Morgan fingerprint density at radius 1 is 1.54 bits per heavy atom. The van der Waals surface area contributed by atoms with Crippen molar-refractivity contribution in [3.63, 3.8) is 0 Å². The van der Waals surface area contributed by atoms with Crippen molar-refractivity contribution in [1.82, 2.24) is 10.3 Å². The Hall–Kier alpha value is -1.22. The van der Waals surface area contributed by atoms with E-state index in [0.29, 0.717) is 18.6 Å². The van der Waals surface area contributed by atoms with Crippen LogP contribution >= 0.6 is 0 Å². The lowest BCUT2D eigenvalue weighted by Gasteiger charge is -2.22. The summed E-state index contributed by atoms with van der Waals surface area (Å²) >= 11 is 0. The van der Waals surface area contributed by atoms with Gasteiger partial charge in [-0.1, -0.05) is 6.07 Å². The molecule has 1 aromatic rings. The topological polar surface area (TPSA) is 42.0 Å². The van der Waals surface area contributed by atoms with E-state index in [2.05, 4.69) is 10.3 Å². The molecule has 1 N–H and O–H groups in total. The van der Waals surface area contributed by atoms with Crippen molar-refractivity contribution in [2.24, 2.45) is 0 Å².